The topological polar surface area (TPSA) is 106 Å². The smallest absolute Gasteiger partial charge is 0.419 e. The van der Waals surface area contributed by atoms with Gasteiger partial charge in [0, 0.05) is 11.9 Å². The monoisotopic (exact) mass is 429 g/mol. The van der Waals surface area contributed by atoms with Gasteiger partial charge in [-0.2, -0.15) is 0 Å². The molecule has 2 aliphatic carbocycles. The van der Waals surface area contributed by atoms with E-state index in [0.717, 1.165) is 59.9 Å². The number of hydrogen-bond donors (Lipinski definition) is 2. The highest BCUT2D eigenvalue weighted by Crippen LogP contribution is 2.39. The predicted molar refractivity (Wildman–Crippen MR) is 109 cm³/mol. The number of carbonyl (C=O) groups excluding carboxylic acids is 2. The Kier molecular flexibility index (Phi) is 4.05. The highest BCUT2D eigenvalue weighted by Gasteiger charge is 2.43. The zero-order valence-electron chi connectivity index (χ0n) is 16.9. The van der Waals surface area contributed by atoms with Crippen LogP contribution in [-0.4, -0.2) is 25.1 Å². The lowest BCUT2D eigenvalue weighted by Gasteiger charge is -2.19. The standard InChI is InChI=1S/C21H23N3O5S/c1-21(2)18-16(9-10-24(18)20(26)29-21)30(27,28)23-19(25)22-17-14-7-3-5-12(14)11-13-6-4-8-15(13)17/h9-11H,3-8H2,1-2H3,(H2,22,23,25). The SMILES string of the molecule is CC1(C)OC(=O)n2ccc(S(=O)(=O)NC(=O)Nc3c4c(cc5c3CCC5)CCC4)c21. The zero-order valence-corrected chi connectivity index (χ0v) is 17.7. The number of nitrogens with one attached hydrogen (secondary N) is 2. The zero-order chi connectivity index (χ0) is 21.3. The summed E-state index contributed by atoms with van der Waals surface area (Å²) in [5.74, 6) is 0. The lowest BCUT2D eigenvalue weighted by Crippen LogP contribution is -2.36. The van der Waals surface area contributed by atoms with E-state index in [1.807, 2.05) is 0 Å². The third-order valence-corrected chi connectivity index (χ3v) is 7.55. The molecule has 30 heavy (non-hydrogen) atoms. The van der Waals surface area contributed by atoms with Crippen molar-refractivity contribution in [1.29, 1.82) is 0 Å². The number of cyclic esters (lactones) is 1. The number of fused-ring (bicyclic) bond motifs is 3. The van der Waals surface area contributed by atoms with E-state index in [-0.39, 0.29) is 10.6 Å². The third-order valence-electron chi connectivity index (χ3n) is 6.19. The maximum absolute atomic E-state index is 13.0. The number of rotatable bonds is 3. The van der Waals surface area contributed by atoms with Gasteiger partial charge in [-0.1, -0.05) is 6.07 Å². The first-order valence-corrected chi connectivity index (χ1v) is 11.6. The van der Waals surface area contributed by atoms with Gasteiger partial charge in [0.15, 0.2) is 5.60 Å². The van der Waals surface area contributed by atoms with E-state index in [1.165, 1.54) is 23.4 Å². The Hall–Kier alpha value is -2.81. The van der Waals surface area contributed by atoms with Crippen LogP contribution in [0.1, 0.15) is 54.6 Å². The minimum absolute atomic E-state index is 0.142. The van der Waals surface area contributed by atoms with Gasteiger partial charge < -0.3 is 10.1 Å². The van der Waals surface area contributed by atoms with Crippen LogP contribution in [0.15, 0.2) is 23.2 Å². The molecule has 3 aliphatic rings. The second-order valence-corrected chi connectivity index (χ2v) is 10.2. The molecule has 0 spiro atoms. The highest BCUT2D eigenvalue weighted by atomic mass is 32.2. The molecule has 158 valence electrons. The first-order valence-electron chi connectivity index (χ1n) is 10.1. The number of carbonyl (C=O) groups is 2. The third kappa shape index (κ3) is 2.83. The number of sulfonamides is 1. The van der Waals surface area contributed by atoms with Gasteiger partial charge in [0.1, 0.15) is 4.90 Å². The minimum atomic E-state index is -4.20. The Morgan fingerprint density at radius 3 is 2.37 bits per heavy atom. The lowest BCUT2D eigenvalue weighted by atomic mass is 9.99. The summed E-state index contributed by atoms with van der Waals surface area (Å²) in [4.78, 5) is 24.5. The van der Waals surface area contributed by atoms with Gasteiger partial charge in [0.2, 0.25) is 0 Å². The van der Waals surface area contributed by atoms with Gasteiger partial charge in [0.25, 0.3) is 10.0 Å². The van der Waals surface area contributed by atoms with Crippen LogP contribution >= 0.6 is 0 Å². The van der Waals surface area contributed by atoms with Crippen LogP contribution < -0.4 is 10.0 Å². The van der Waals surface area contributed by atoms with Gasteiger partial charge in [0.05, 0.1) is 5.69 Å². The first kappa shape index (κ1) is 19.2. The van der Waals surface area contributed by atoms with Crippen LogP contribution in [0.4, 0.5) is 15.3 Å². The van der Waals surface area contributed by atoms with E-state index in [1.54, 1.807) is 13.8 Å². The van der Waals surface area contributed by atoms with Gasteiger partial charge in [-0.15, -0.1) is 0 Å². The normalized spacial score (nSPS) is 18.5. The molecule has 0 radical (unpaired) electrons. The Balaban J connectivity index is 1.44. The molecule has 0 saturated heterocycles. The van der Waals surface area contributed by atoms with Gasteiger partial charge in [-0.3, -0.25) is 4.57 Å². The Morgan fingerprint density at radius 1 is 1.10 bits per heavy atom. The second-order valence-electron chi connectivity index (χ2n) is 8.57. The lowest BCUT2D eigenvalue weighted by molar-refractivity contribution is 0.0614. The van der Waals surface area contributed by atoms with Crippen LogP contribution in [0.5, 0.6) is 0 Å². The average molecular weight is 429 g/mol. The molecule has 2 amide bonds. The molecular formula is C21H23N3O5S. The number of benzene rings is 1. The van der Waals surface area contributed by atoms with Gasteiger partial charge in [-0.25, -0.2) is 22.7 Å². The number of amides is 2. The summed E-state index contributed by atoms with van der Waals surface area (Å²) in [5, 5.41) is 2.82. The van der Waals surface area contributed by atoms with Gasteiger partial charge >= 0.3 is 12.1 Å². The van der Waals surface area contributed by atoms with Crippen LogP contribution in [0.3, 0.4) is 0 Å². The number of anilines is 1. The Bertz CT molecular complexity index is 1180. The van der Waals surface area contributed by atoms with Crippen molar-refractivity contribution in [2.75, 3.05) is 5.32 Å². The molecule has 1 aromatic carbocycles. The molecule has 2 N–H and O–H groups in total. The fourth-order valence-electron chi connectivity index (χ4n) is 4.97. The van der Waals surface area contributed by atoms with Crippen LogP contribution in [0, 0.1) is 0 Å². The molecule has 0 fully saturated rings. The van der Waals surface area contributed by atoms with Crippen LogP contribution in [-0.2, 0) is 46.0 Å². The Morgan fingerprint density at radius 2 is 1.73 bits per heavy atom. The molecule has 8 nitrogen and oxygen atoms in total. The molecule has 0 atom stereocenters. The molecule has 2 aromatic rings. The van der Waals surface area contributed by atoms with E-state index < -0.39 is 27.7 Å². The van der Waals surface area contributed by atoms with Crippen molar-refractivity contribution in [2.24, 2.45) is 0 Å². The maximum Gasteiger partial charge on any atom is 0.419 e. The van der Waals surface area contributed by atoms with Crippen LogP contribution in [0.25, 0.3) is 0 Å². The van der Waals surface area contributed by atoms with Crippen molar-refractivity contribution in [3.63, 3.8) is 0 Å². The molecule has 0 unspecified atom stereocenters. The molecule has 1 aliphatic heterocycles. The summed E-state index contributed by atoms with van der Waals surface area (Å²) < 4.78 is 34.4. The maximum atomic E-state index is 13.0. The number of ether oxygens (including phenoxy) is 1. The van der Waals surface area contributed by atoms with Crippen molar-refractivity contribution in [3.8, 4) is 0 Å². The summed E-state index contributed by atoms with van der Waals surface area (Å²) in [7, 11) is -4.20. The summed E-state index contributed by atoms with van der Waals surface area (Å²) in [6, 6.07) is 2.76. The molecule has 0 bridgehead atoms. The van der Waals surface area contributed by atoms with E-state index >= 15 is 0 Å². The molecule has 5 rings (SSSR count). The first-order chi connectivity index (χ1) is 14.2. The average Bonchev–Trinajstić information content (AvgIpc) is 3.40. The van der Waals surface area contributed by atoms with Crippen molar-refractivity contribution >= 4 is 27.8 Å². The van der Waals surface area contributed by atoms with Crippen molar-refractivity contribution in [3.05, 3.63) is 46.3 Å². The molecule has 1 aromatic heterocycles. The number of urea groups is 1. The van der Waals surface area contributed by atoms with Gasteiger partial charge in [-0.05, 0) is 80.7 Å². The molecule has 9 heteroatoms. The van der Waals surface area contributed by atoms with Crippen molar-refractivity contribution in [1.82, 2.24) is 9.29 Å². The number of nitrogens with zero attached hydrogens (tertiary/aromatic N) is 1. The minimum Gasteiger partial charge on any atom is -0.436 e. The molecular weight excluding hydrogens is 406 g/mol. The van der Waals surface area contributed by atoms with Crippen molar-refractivity contribution in [2.45, 2.75) is 62.9 Å². The Labute approximate surface area is 174 Å². The fourth-order valence-corrected chi connectivity index (χ4v) is 6.21. The summed E-state index contributed by atoms with van der Waals surface area (Å²) in [6.07, 6.45) is 6.50. The van der Waals surface area contributed by atoms with E-state index in [4.69, 9.17) is 4.74 Å². The fraction of sp³-hybridized carbons (Fsp3) is 0.429. The number of aromatic nitrogens is 1. The molecule has 2 heterocycles. The van der Waals surface area contributed by atoms with E-state index in [0.29, 0.717) is 0 Å². The van der Waals surface area contributed by atoms with Crippen LogP contribution in [0.2, 0.25) is 0 Å². The summed E-state index contributed by atoms with van der Waals surface area (Å²) >= 11 is 0. The summed E-state index contributed by atoms with van der Waals surface area (Å²) in [5.41, 5.74) is 4.59. The quantitative estimate of drug-likeness (QED) is 0.779. The number of hydrogen-bond acceptors (Lipinski definition) is 5. The summed E-state index contributed by atoms with van der Waals surface area (Å²) in [6.45, 7) is 3.22. The van der Waals surface area contributed by atoms with Crippen molar-refractivity contribution < 1.29 is 22.7 Å². The largest absolute Gasteiger partial charge is 0.436 e. The second kappa shape index (κ2) is 6.34. The van der Waals surface area contributed by atoms with E-state index in [2.05, 4.69) is 16.1 Å². The molecule has 0 saturated carbocycles. The van der Waals surface area contributed by atoms with E-state index in [9.17, 15) is 18.0 Å². The number of aryl methyl sites for hydroxylation is 2. The predicted octanol–water partition coefficient (Wildman–Crippen LogP) is 3.21. The highest BCUT2D eigenvalue weighted by molar-refractivity contribution is 7.90.